The summed E-state index contributed by atoms with van der Waals surface area (Å²) < 4.78 is 0. The number of rotatable bonds is 3. The Morgan fingerprint density at radius 1 is 0.703 bits per heavy atom. The molecule has 0 saturated carbocycles. The van der Waals surface area contributed by atoms with Gasteiger partial charge in [0.15, 0.2) is 10.9 Å². The first-order chi connectivity index (χ1) is 18.3. The molecule has 0 bridgehead atoms. The van der Waals surface area contributed by atoms with E-state index >= 15 is 0 Å². The van der Waals surface area contributed by atoms with Crippen LogP contribution in [0.25, 0.3) is 32.4 Å². The zero-order valence-corrected chi connectivity index (χ0v) is 20.7. The second kappa shape index (κ2) is 8.81. The summed E-state index contributed by atoms with van der Waals surface area (Å²) in [7, 11) is 0. The van der Waals surface area contributed by atoms with Crippen LogP contribution < -0.4 is 4.90 Å². The van der Waals surface area contributed by atoms with Crippen LogP contribution in [0.3, 0.4) is 0 Å². The standard InChI is InChI=1S/C33H21N3S/c1-34-28-20-19-25(26-11-5-6-12-27(26)28)22-15-17-24(18-16-22)31-21-29(23-9-3-2-4-10-23)35-33-36(31)30-13-7-8-14-32(30)37-33/h2-21,29H. The fraction of sp³-hybridized carbons (Fsp3) is 0.0303. The molecule has 2 heterocycles. The summed E-state index contributed by atoms with van der Waals surface area (Å²) >= 11 is 1.73. The SMILES string of the molecule is [C-]#[N+]c1ccc(-c2ccc(C3=CC(c4ccccc4)N=C4Sc5ccccc5N34)cc2)c2ccccc12. The maximum absolute atomic E-state index is 7.53. The van der Waals surface area contributed by atoms with Gasteiger partial charge in [-0.05, 0) is 63.0 Å². The van der Waals surface area contributed by atoms with Crippen molar-refractivity contribution in [3.63, 3.8) is 0 Å². The van der Waals surface area contributed by atoms with Gasteiger partial charge in [-0.3, -0.25) is 4.90 Å². The molecule has 37 heavy (non-hydrogen) atoms. The van der Waals surface area contributed by atoms with E-state index in [9.17, 15) is 0 Å². The number of amidine groups is 1. The number of anilines is 1. The molecule has 0 spiro atoms. The average molecular weight is 492 g/mol. The van der Waals surface area contributed by atoms with E-state index in [4.69, 9.17) is 11.6 Å². The Hall–Kier alpha value is -4.59. The smallest absolute Gasteiger partial charge is 0.194 e. The first-order valence-corrected chi connectivity index (χ1v) is 13.0. The molecule has 174 valence electrons. The lowest BCUT2D eigenvalue weighted by molar-refractivity contribution is 0.899. The molecule has 1 unspecified atom stereocenters. The van der Waals surface area contributed by atoms with Crippen molar-refractivity contribution in [1.29, 1.82) is 0 Å². The molecule has 0 fully saturated rings. The highest BCUT2D eigenvalue weighted by Crippen LogP contribution is 2.48. The maximum Gasteiger partial charge on any atom is 0.194 e. The molecular formula is C33H21N3S. The van der Waals surface area contributed by atoms with Gasteiger partial charge in [0.2, 0.25) is 0 Å². The van der Waals surface area contributed by atoms with E-state index in [0.29, 0.717) is 5.69 Å². The van der Waals surface area contributed by atoms with Crippen molar-refractivity contribution in [2.75, 3.05) is 4.90 Å². The monoisotopic (exact) mass is 491 g/mol. The first-order valence-electron chi connectivity index (χ1n) is 12.2. The molecule has 0 aliphatic carbocycles. The zero-order valence-electron chi connectivity index (χ0n) is 19.9. The Balaban J connectivity index is 1.33. The number of nitrogens with zero attached hydrogens (tertiary/aromatic N) is 3. The summed E-state index contributed by atoms with van der Waals surface area (Å²) in [5.74, 6) is 0. The van der Waals surface area contributed by atoms with Gasteiger partial charge in [0.25, 0.3) is 0 Å². The van der Waals surface area contributed by atoms with Crippen LogP contribution in [0.15, 0.2) is 131 Å². The molecular weight excluding hydrogens is 470 g/mol. The molecule has 0 radical (unpaired) electrons. The third-order valence-electron chi connectivity index (χ3n) is 6.96. The number of fused-ring (bicyclic) bond motifs is 4. The molecule has 0 aromatic heterocycles. The summed E-state index contributed by atoms with van der Waals surface area (Å²) in [5.41, 5.74) is 7.62. The van der Waals surface area contributed by atoms with E-state index in [1.54, 1.807) is 11.8 Å². The van der Waals surface area contributed by atoms with E-state index in [0.717, 1.165) is 38.3 Å². The van der Waals surface area contributed by atoms with Crippen molar-refractivity contribution in [2.24, 2.45) is 4.99 Å². The maximum atomic E-state index is 7.53. The fourth-order valence-electron chi connectivity index (χ4n) is 5.17. The minimum Gasteiger partial charge on any atom is -0.288 e. The molecule has 2 aliphatic heterocycles. The second-order valence-electron chi connectivity index (χ2n) is 9.09. The fourth-order valence-corrected chi connectivity index (χ4v) is 6.23. The van der Waals surface area contributed by atoms with Crippen molar-refractivity contribution in [3.8, 4) is 11.1 Å². The average Bonchev–Trinajstić information content (AvgIpc) is 3.35. The van der Waals surface area contributed by atoms with Crippen LogP contribution >= 0.6 is 11.8 Å². The molecule has 2 aliphatic rings. The van der Waals surface area contributed by atoms with Gasteiger partial charge < -0.3 is 0 Å². The molecule has 4 heteroatoms. The minimum absolute atomic E-state index is 0.0333. The number of benzene rings is 5. The van der Waals surface area contributed by atoms with Gasteiger partial charge in [0.05, 0.1) is 24.0 Å². The van der Waals surface area contributed by atoms with Crippen molar-refractivity contribution in [1.82, 2.24) is 0 Å². The third kappa shape index (κ3) is 3.64. The number of hydrogen-bond acceptors (Lipinski definition) is 3. The number of hydrogen-bond donors (Lipinski definition) is 0. The topological polar surface area (TPSA) is 20.0 Å². The van der Waals surface area contributed by atoms with E-state index in [1.807, 2.05) is 30.3 Å². The molecule has 0 amide bonds. The van der Waals surface area contributed by atoms with Crippen LogP contribution in [0.2, 0.25) is 0 Å². The molecule has 5 aromatic carbocycles. The predicted octanol–water partition coefficient (Wildman–Crippen LogP) is 9.12. The van der Waals surface area contributed by atoms with Gasteiger partial charge in [-0.2, -0.15) is 0 Å². The molecule has 7 rings (SSSR count). The van der Waals surface area contributed by atoms with Crippen LogP contribution in [0.4, 0.5) is 11.4 Å². The van der Waals surface area contributed by atoms with Crippen molar-refractivity contribution in [2.45, 2.75) is 10.9 Å². The quantitative estimate of drug-likeness (QED) is 0.235. The van der Waals surface area contributed by atoms with Gasteiger partial charge in [0, 0.05) is 4.90 Å². The third-order valence-corrected chi connectivity index (χ3v) is 7.99. The molecule has 0 N–H and O–H groups in total. The van der Waals surface area contributed by atoms with E-state index in [2.05, 4.69) is 101 Å². The number of thioether (sulfide) groups is 1. The molecule has 3 nitrogen and oxygen atoms in total. The van der Waals surface area contributed by atoms with Crippen LogP contribution in [-0.4, -0.2) is 5.17 Å². The Kier molecular flexibility index (Phi) is 5.16. The molecule has 5 aromatic rings. The lowest BCUT2D eigenvalue weighted by Gasteiger charge is -2.29. The number of aliphatic imine (C=N–C) groups is 1. The Morgan fingerprint density at radius 3 is 2.22 bits per heavy atom. The number of para-hydroxylation sites is 1. The van der Waals surface area contributed by atoms with Crippen LogP contribution in [0.5, 0.6) is 0 Å². The van der Waals surface area contributed by atoms with Gasteiger partial charge >= 0.3 is 0 Å². The lowest BCUT2D eigenvalue weighted by atomic mass is 9.95. The Bertz CT molecular complexity index is 1760. The molecule has 0 saturated heterocycles. The zero-order chi connectivity index (χ0) is 24.8. The highest BCUT2D eigenvalue weighted by Gasteiger charge is 2.34. The van der Waals surface area contributed by atoms with E-state index < -0.39 is 0 Å². The van der Waals surface area contributed by atoms with Crippen LogP contribution in [-0.2, 0) is 0 Å². The predicted molar refractivity (Wildman–Crippen MR) is 155 cm³/mol. The lowest BCUT2D eigenvalue weighted by Crippen LogP contribution is -2.27. The Morgan fingerprint density at radius 2 is 1.41 bits per heavy atom. The second-order valence-corrected chi connectivity index (χ2v) is 10.1. The van der Waals surface area contributed by atoms with E-state index in [-0.39, 0.29) is 6.04 Å². The summed E-state index contributed by atoms with van der Waals surface area (Å²) in [6, 6.07) is 39.9. The van der Waals surface area contributed by atoms with Gasteiger partial charge in [-0.15, -0.1) is 0 Å². The Labute approximate surface area is 220 Å². The summed E-state index contributed by atoms with van der Waals surface area (Å²) in [6.45, 7) is 7.53. The minimum atomic E-state index is -0.0333. The highest BCUT2D eigenvalue weighted by atomic mass is 32.2. The van der Waals surface area contributed by atoms with Crippen molar-refractivity contribution < 1.29 is 0 Å². The van der Waals surface area contributed by atoms with E-state index in [1.165, 1.54) is 16.1 Å². The van der Waals surface area contributed by atoms with Crippen molar-refractivity contribution >= 4 is 44.8 Å². The van der Waals surface area contributed by atoms with Crippen LogP contribution in [0.1, 0.15) is 17.2 Å². The summed E-state index contributed by atoms with van der Waals surface area (Å²) in [5, 5.41) is 3.10. The first kappa shape index (κ1) is 21.7. The summed E-state index contributed by atoms with van der Waals surface area (Å²) in [6.07, 6.45) is 2.27. The largest absolute Gasteiger partial charge is 0.288 e. The highest BCUT2D eigenvalue weighted by molar-refractivity contribution is 8.14. The van der Waals surface area contributed by atoms with Crippen LogP contribution in [0, 0.1) is 6.57 Å². The summed E-state index contributed by atoms with van der Waals surface area (Å²) in [4.78, 5) is 12.4. The van der Waals surface area contributed by atoms with Gasteiger partial charge in [-0.25, -0.2) is 9.84 Å². The van der Waals surface area contributed by atoms with Gasteiger partial charge in [-0.1, -0.05) is 103 Å². The van der Waals surface area contributed by atoms with Gasteiger partial charge in [0.1, 0.15) is 0 Å². The van der Waals surface area contributed by atoms with Crippen molar-refractivity contribution in [3.05, 3.63) is 144 Å². The molecule has 1 atom stereocenters. The normalized spacial score (nSPS) is 16.0.